The molecule has 2 aliphatic rings. The Morgan fingerprint density at radius 2 is 2.00 bits per heavy atom. The van der Waals surface area contributed by atoms with E-state index in [9.17, 15) is 4.79 Å². The van der Waals surface area contributed by atoms with Gasteiger partial charge in [-0.15, -0.1) is 24.0 Å². The molecule has 1 aliphatic carbocycles. The number of nitrogens with one attached hydrogen (secondary N) is 2. The minimum atomic E-state index is 0. The van der Waals surface area contributed by atoms with E-state index in [1.165, 1.54) is 18.4 Å². The molecule has 0 aromatic heterocycles. The zero-order valence-electron chi connectivity index (χ0n) is 16.7. The average Bonchev–Trinajstić information content (AvgIpc) is 3.45. The lowest BCUT2D eigenvalue weighted by atomic mass is 10.1. The molecule has 6 nitrogen and oxygen atoms in total. The fourth-order valence-electron chi connectivity index (χ4n) is 3.35. The number of guanidine groups is 1. The van der Waals surface area contributed by atoms with E-state index < -0.39 is 0 Å². The number of carbonyl (C=O) groups is 1. The summed E-state index contributed by atoms with van der Waals surface area (Å²) < 4.78 is 5.63. The molecule has 1 amide bonds. The number of ether oxygens (including phenoxy) is 1. The number of likely N-dealkylation sites (tertiary alicyclic amines) is 1. The molecule has 3 rings (SSSR count). The predicted molar refractivity (Wildman–Crippen MR) is 123 cm³/mol. The van der Waals surface area contributed by atoms with Crippen LogP contribution in [0.3, 0.4) is 0 Å². The monoisotopic (exact) mass is 500 g/mol. The molecule has 1 aliphatic heterocycles. The van der Waals surface area contributed by atoms with Crippen LogP contribution in [-0.2, 0) is 16.0 Å². The van der Waals surface area contributed by atoms with E-state index in [2.05, 4.69) is 27.8 Å². The van der Waals surface area contributed by atoms with Crippen molar-refractivity contribution in [2.24, 2.45) is 16.8 Å². The Bertz CT molecular complexity index is 622. The second kappa shape index (κ2) is 12.3. The van der Waals surface area contributed by atoms with Crippen LogP contribution in [0, 0.1) is 11.8 Å². The maximum atomic E-state index is 12.3. The Kier molecular flexibility index (Phi) is 10.0. The topological polar surface area (TPSA) is 66.0 Å². The van der Waals surface area contributed by atoms with E-state index in [1.807, 2.05) is 23.1 Å². The number of rotatable bonds is 10. The fraction of sp³-hybridized carbons (Fsp3) is 0.619. The Balaban J connectivity index is 0.00000280. The summed E-state index contributed by atoms with van der Waals surface area (Å²) in [6.45, 7) is 4.71. The molecule has 0 bridgehead atoms. The predicted octanol–water partition coefficient (Wildman–Crippen LogP) is 2.29. The summed E-state index contributed by atoms with van der Waals surface area (Å²) >= 11 is 0. The van der Waals surface area contributed by atoms with Crippen molar-refractivity contribution in [2.75, 3.05) is 46.4 Å². The van der Waals surface area contributed by atoms with Crippen LogP contribution >= 0.6 is 24.0 Å². The van der Waals surface area contributed by atoms with Crippen LogP contribution in [0.15, 0.2) is 35.3 Å². The SMILES string of the molecule is CN=C(NCCOCC1CC1)NCC1CC(=O)N(CCc2ccccc2)C1.I. The highest BCUT2D eigenvalue weighted by atomic mass is 127. The Labute approximate surface area is 185 Å². The van der Waals surface area contributed by atoms with Crippen molar-refractivity contribution in [2.45, 2.75) is 25.7 Å². The van der Waals surface area contributed by atoms with Crippen molar-refractivity contribution in [1.29, 1.82) is 0 Å². The molecule has 1 aromatic carbocycles. The Hall–Kier alpha value is -1.35. The summed E-state index contributed by atoms with van der Waals surface area (Å²) in [6, 6.07) is 10.3. The van der Waals surface area contributed by atoms with Crippen LogP contribution in [0.1, 0.15) is 24.8 Å². The molecule has 1 heterocycles. The van der Waals surface area contributed by atoms with Crippen molar-refractivity contribution in [1.82, 2.24) is 15.5 Å². The number of aliphatic imine (C=N–C) groups is 1. The van der Waals surface area contributed by atoms with E-state index in [-0.39, 0.29) is 29.9 Å². The summed E-state index contributed by atoms with van der Waals surface area (Å²) in [6.07, 6.45) is 4.17. The van der Waals surface area contributed by atoms with Crippen molar-refractivity contribution < 1.29 is 9.53 Å². The van der Waals surface area contributed by atoms with Gasteiger partial charge in [0, 0.05) is 52.2 Å². The quantitative estimate of drug-likeness (QED) is 0.224. The molecule has 1 unspecified atom stereocenters. The lowest BCUT2D eigenvalue weighted by Crippen LogP contribution is -2.41. The smallest absolute Gasteiger partial charge is 0.223 e. The Morgan fingerprint density at radius 1 is 1.21 bits per heavy atom. The van der Waals surface area contributed by atoms with Gasteiger partial charge in [0.25, 0.3) is 0 Å². The van der Waals surface area contributed by atoms with Crippen molar-refractivity contribution >= 4 is 35.8 Å². The molecule has 156 valence electrons. The molecule has 0 spiro atoms. The number of nitrogens with zero attached hydrogens (tertiary/aromatic N) is 2. The molecule has 1 saturated heterocycles. The molecule has 2 fully saturated rings. The number of amides is 1. The number of halogens is 1. The van der Waals surface area contributed by atoms with E-state index >= 15 is 0 Å². The fourth-order valence-corrected chi connectivity index (χ4v) is 3.35. The van der Waals surface area contributed by atoms with Gasteiger partial charge in [0.2, 0.25) is 5.91 Å². The van der Waals surface area contributed by atoms with Crippen LogP contribution in [-0.4, -0.2) is 63.2 Å². The van der Waals surface area contributed by atoms with Gasteiger partial charge in [-0.1, -0.05) is 30.3 Å². The lowest BCUT2D eigenvalue weighted by Gasteiger charge is -2.18. The van der Waals surface area contributed by atoms with E-state index in [4.69, 9.17) is 4.74 Å². The van der Waals surface area contributed by atoms with Gasteiger partial charge in [-0.2, -0.15) is 0 Å². The molecule has 2 N–H and O–H groups in total. The highest BCUT2D eigenvalue weighted by Crippen LogP contribution is 2.28. The van der Waals surface area contributed by atoms with Gasteiger partial charge in [0.05, 0.1) is 6.61 Å². The number of hydrogen-bond donors (Lipinski definition) is 2. The first kappa shape index (κ1) is 22.9. The van der Waals surface area contributed by atoms with Crippen LogP contribution in [0.5, 0.6) is 0 Å². The number of carbonyl (C=O) groups excluding carboxylic acids is 1. The second-order valence-electron chi connectivity index (χ2n) is 7.54. The van der Waals surface area contributed by atoms with Gasteiger partial charge in [0.15, 0.2) is 5.96 Å². The van der Waals surface area contributed by atoms with Gasteiger partial charge in [-0.25, -0.2) is 0 Å². The van der Waals surface area contributed by atoms with Gasteiger partial charge in [-0.05, 0) is 30.7 Å². The van der Waals surface area contributed by atoms with E-state index in [1.54, 1.807) is 7.05 Å². The molecule has 1 saturated carbocycles. The maximum absolute atomic E-state index is 12.3. The molecule has 0 radical (unpaired) electrons. The summed E-state index contributed by atoms with van der Waals surface area (Å²) in [5, 5.41) is 6.61. The largest absolute Gasteiger partial charge is 0.379 e. The molecular weight excluding hydrogens is 467 g/mol. The van der Waals surface area contributed by atoms with Gasteiger partial charge in [0.1, 0.15) is 0 Å². The number of benzene rings is 1. The van der Waals surface area contributed by atoms with E-state index in [0.717, 1.165) is 51.1 Å². The van der Waals surface area contributed by atoms with Crippen molar-refractivity contribution in [3.63, 3.8) is 0 Å². The summed E-state index contributed by atoms with van der Waals surface area (Å²) in [5.41, 5.74) is 1.28. The van der Waals surface area contributed by atoms with Crippen LogP contribution in [0.25, 0.3) is 0 Å². The summed E-state index contributed by atoms with van der Waals surface area (Å²) in [7, 11) is 1.77. The highest BCUT2D eigenvalue weighted by molar-refractivity contribution is 14.0. The molecule has 28 heavy (non-hydrogen) atoms. The third-order valence-electron chi connectivity index (χ3n) is 5.18. The average molecular weight is 500 g/mol. The lowest BCUT2D eigenvalue weighted by molar-refractivity contribution is -0.127. The van der Waals surface area contributed by atoms with Crippen LogP contribution < -0.4 is 10.6 Å². The van der Waals surface area contributed by atoms with E-state index in [0.29, 0.717) is 18.9 Å². The molecular formula is C21H33IN4O2. The van der Waals surface area contributed by atoms with Crippen LogP contribution in [0.4, 0.5) is 0 Å². The highest BCUT2D eigenvalue weighted by Gasteiger charge is 2.29. The zero-order chi connectivity index (χ0) is 18.9. The first-order chi connectivity index (χ1) is 13.2. The summed E-state index contributed by atoms with van der Waals surface area (Å²) in [5.74, 6) is 2.17. The van der Waals surface area contributed by atoms with Gasteiger partial charge in [-0.3, -0.25) is 9.79 Å². The standard InChI is InChI=1S/C21H32N4O2.HI/c1-22-21(23-10-12-27-16-18-7-8-18)24-14-19-13-20(26)25(15-19)11-9-17-5-3-2-4-6-17;/h2-6,18-19H,7-16H2,1H3,(H2,22,23,24);1H. The van der Waals surface area contributed by atoms with Crippen molar-refractivity contribution in [3.05, 3.63) is 35.9 Å². The minimum Gasteiger partial charge on any atom is -0.379 e. The van der Waals surface area contributed by atoms with Crippen LogP contribution in [0.2, 0.25) is 0 Å². The minimum absolute atomic E-state index is 0. The van der Waals surface area contributed by atoms with Crippen molar-refractivity contribution in [3.8, 4) is 0 Å². The molecule has 1 atom stereocenters. The molecule has 1 aromatic rings. The third-order valence-corrected chi connectivity index (χ3v) is 5.18. The first-order valence-electron chi connectivity index (χ1n) is 10.1. The third kappa shape index (κ3) is 7.95. The normalized spacial score (nSPS) is 19.5. The second-order valence-corrected chi connectivity index (χ2v) is 7.54. The summed E-state index contributed by atoms with van der Waals surface area (Å²) in [4.78, 5) is 18.5. The first-order valence-corrected chi connectivity index (χ1v) is 10.1. The maximum Gasteiger partial charge on any atom is 0.223 e. The van der Waals surface area contributed by atoms with Gasteiger partial charge < -0.3 is 20.3 Å². The Morgan fingerprint density at radius 3 is 2.71 bits per heavy atom. The molecule has 7 heteroatoms. The van der Waals surface area contributed by atoms with Gasteiger partial charge >= 0.3 is 0 Å². The zero-order valence-corrected chi connectivity index (χ0v) is 19.1. The number of hydrogen-bond acceptors (Lipinski definition) is 3.